The number of hydrogen-bond acceptors (Lipinski definition) is 7. The van der Waals surface area contributed by atoms with Crippen LogP contribution in [0.3, 0.4) is 0 Å². The first-order valence-corrected chi connectivity index (χ1v) is 8.46. The Hall–Kier alpha value is -3.13. The number of benzene rings is 1. The number of aromatic nitrogens is 1. The van der Waals surface area contributed by atoms with Gasteiger partial charge in [-0.15, -0.1) is 0 Å². The van der Waals surface area contributed by atoms with Gasteiger partial charge < -0.3 is 14.2 Å². The van der Waals surface area contributed by atoms with Crippen molar-refractivity contribution < 1.29 is 23.9 Å². The molecule has 0 fully saturated rings. The van der Waals surface area contributed by atoms with Crippen molar-refractivity contribution in [3.05, 3.63) is 56.4 Å². The maximum Gasteiger partial charge on any atom is 0.340 e. The lowest BCUT2D eigenvalue weighted by atomic mass is 10.1. The van der Waals surface area contributed by atoms with E-state index in [1.807, 2.05) is 0 Å². The zero-order valence-electron chi connectivity index (χ0n) is 14.3. The number of ether oxygens (including phenoxy) is 3. The molecule has 0 radical (unpaired) electrons. The van der Waals surface area contributed by atoms with Crippen molar-refractivity contribution in [2.75, 3.05) is 19.8 Å². The highest BCUT2D eigenvalue weighted by molar-refractivity contribution is 6.32. The molecule has 140 valence electrons. The third-order valence-electron chi connectivity index (χ3n) is 3.66. The molecule has 0 N–H and O–H groups in total. The summed E-state index contributed by atoms with van der Waals surface area (Å²) in [7, 11) is 0. The van der Waals surface area contributed by atoms with Crippen LogP contribution in [0.4, 0.5) is 5.69 Å². The molecule has 9 heteroatoms. The number of rotatable bonds is 5. The molecule has 3 rings (SSSR count). The molecule has 0 saturated heterocycles. The van der Waals surface area contributed by atoms with E-state index in [9.17, 15) is 14.9 Å². The molecule has 0 atom stereocenters. The van der Waals surface area contributed by atoms with Crippen molar-refractivity contribution in [2.24, 2.45) is 0 Å². The Labute approximate surface area is 159 Å². The number of halogens is 1. The van der Waals surface area contributed by atoms with Crippen LogP contribution in [0.2, 0.25) is 5.02 Å². The molecule has 0 bridgehead atoms. The van der Waals surface area contributed by atoms with Gasteiger partial charge in [-0.25, -0.2) is 9.78 Å². The number of pyridine rings is 1. The molecule has 2 heterocycles. The highest BCUT2D eigenvalue weighted by Gasteiger charge is 2.19. The van der Waals surface area contributed by atoms with Crippen LogP contribution in [0.1, 0.15) is 28.5 Å². The van der Waals surface area contributed by atoms with E-state index in [-0.39, 0.29) is 23.6 Å². The molecule has 0 spiro atoms. The van der Waals surface area contributed by atoms with Crippen LogP contribution in [0.25, 0.3) is 12.2 Å². The lowest BCUT2D eigenvalue weighted by Gasteiger charge is -2.19. The number of carbonyl (C=O) groups excluding carboxylic acids is 1. The summed E-state index contributed by atoms with van der Waals surface area (Å²) in [6.45, 7) is 2.64. The summed E-state index contributed by atoms with van der Waals surface area (Å²) in [6, 6.07) is 4.56. The van der Waals surface area contributed by atoms with Gasteiger partial charge in [0, 0.05) is 6.07 Å². The molecule has 8 nitrogen and oxygen atoms in total. The van der Waals surface area contributed by atoms with Gasteiger partial charge in [0.25, 0.3) is 5.69 Å². The fourth-order valence-corrected chi connectivity index (χ4v) is 2.75. The zero-order chi connectivity index (χ0) is 19.4. The second-order valence-electron chi connectivity index (χ2n) is 5.46. The average molecular weight is 391 g/mol. The van der Waals surface area contributed by atoms with Crippen LogP contribution in [0.15, 0.2) is 24.4 Å². The Bertz CT molecular complexity index is 928. The van der Waals surface area contributed by atoms with E-state index >= 15 is 0 Å². The average Bonchev–Trinajstić information content (AvgIpc) is 2.66. The molecular formula is C18H15ClN2O6. The Kier molecular flexibility index (Phi) is 5.56. The number of hydrogen-bond donors (Lipinski definition) is 0. The standard InChI is InChI=1S/C18H15ClN2O6/c1-2-25-18(22)13-9-12(21(23)24)10-20-15(13)4-3-11-7-14(19)17-16(8-11)26-5-6-27-17/h3-4,7-10H,2,5-6H2,1H3/b4-3+. The fraction of sp³-hybridized carbons (Fsp3) is 0.222. The lowest BCUT2D eigenvalue weighted by Crippen LogP contribution is -2.15. The SMILES string of the molecule is CCOC(=O)c1cc([N+](=O)[O-])cnc1/C=C/c1cc(Cl)c2c(c1)OCCO2. The third kappa shape index (κ3) is 4.17. The number of esters is 1. The lowest BCUT2D eigenvalue weighted by molar-refractivity contribution is -0.385. The summed E-state index contributed by atoms with van der Waals surface area (Å²) in [5, 5.41) is 11.4. The van der Waals surface area contributed by atoms with Gasteiger partial charge in [0.05, 0.1) is 27.8 Å². The van der Waals surface area contributed by atoms with Gasteiger partial charge >= 0.3 is 5.97 Å². The quantitative estimate of drug-likeness (QED) is 0.435. The Balaban J connectivity index is 1.96. The van der Waals surface area contributed by atoms with E-state index in [4.69, 9.17) is 25.8 Å². The van der Waals surface area contributed by atoms with E-state index in [0.717, 1.165) is 12.3 Å². The normalized spacial score (nSPS) is 12.8. The predicted molar refractivity (Wildman–Crippen MR) is 98.2 cm³/mol. The highest BCUT2D eigenvalue weighted by Crippen LogP contribution is 2.38. The van der Waals surface area contributed by atoms with E-state index in [1.165, 1.54) is 0 Å². The molecule has 27 heavy (non-hydrogen) atoms. The molecule has 1 aliphatic rings. The van der Waals surface area contributed by atoms with Crippen molar-refractivity contribution in [1.82, 2.24) is 4.98 Å². The van der Waals surface area contributed by atoms with Crippen LogP contribution in [0, 0.1) is 10.1 Å². The van der Waals surface area contributed by atoms with E-state index < -0.39 is 10.9 Å². The molecule has 0 saturated carbocycles. The minimum Gasteiger partial charge on any atom is -0.486 e. The number of nitro groups is 1. The van der Waals surface area contributed by atoms with Crippen molar-refractivity contribution in [3.8, 4) is 11.5 Å². The first-order chi connectivity index (χ1) is 13.0. The highest BCUT2D eigenvalue weighted by atomic mass is 35.5. The molecule has 0 amide bonds. The Morgan fingerprint density at radius 1 is 1.33 bits per heavy atom. The number of carbonyl (C=O) groups is 1. The summed E-state index contributed by atoms with van der Waals surface area (Å²) in [4.78, 5) is 26.5. The predicted octanol–water partition coefficient (Wildman–Crippen LogP) is 3.76. The maximum absolute atomic E-state index is 12.1. The molecule has 0 aliphatic carbocycles. The Morgan fingerprint density at radius 2 is 2.11 bits per heavy atom. The molecule has 1 aromatic carbocycles. The summed E-state index contributed by atoms with van der Waals surface area (Å²) in [6.07, 6.45) is 4.30. The third-order valence-corrected chi connectivity index (χ3v) is 3.94. The van der Waals surface area contributed by atoms with Crippen molar-refractivity contribution >= 4 is 35.4 Å². The van der Waals surface area contributed by atoms with Gasteiger partial charge in [0.15, 0.2) is 11.5 Å². The van der Waals surface area contributed by atoms with Gasteiger partial charge in [-0.05, 0) is 30.7 Å². The van der Waals surface area contributed by atoms with Crippen LogP contribution in [0.5, 0.6) is 11.5 Å². The monoisotopic (exact) mass is 390 g/mol. The molecule has 2 aromatic rings. The molecular weight excluding hydrogens is 376 g/mol. The van der Waals surface area contributed by atoms with Gasteiger partial charge in [0.1, 0.15) is 19.4 Å². The Morgan fingerprint density at radius 3 is 2.85 bits per heavy atom. The second kappa shape index (κ2) is 8.05. The van der Waals surface area contributed by atoms with Gasteiger partial charge in [0.2, 0.25) is 0 Å². The van der Waals surface area contributed by atoms with Gasteiger partial charge in [-0.1, -0.05) is 17.7 Å². The largest absolute Gasteiger partial charge is 0.486 e. The van der Waals surface area contributed by atoms with Crippen LogP contribution in [-0.4, -0.2) is 35.7 Å². The molecule has 1 aromatic heterocycles. The first kappa shape index (κ1) is 18.7. The number of nitrogens with zero attached hydrogens (tertiary/aromatic N) is 2. The summed E-state index contributed by atoms with van der Waals surface area (Å²) >= 11 is 6.20. The fourth-order valence-electron chi connectivity index (χ4n) is 2.47. The van der Waals surface area contributed by atoms with Crippen molar-refractivity contribution in [1.29, 1.82) is 0 Å². The smallest absolute Gasteiger partial charge is 0.340 e. The van der Waals surface area contributed by atoms with Crippen LogP contribution < -0.4 is 9.47 Å². The van der Waals surface area contributed by atoms with E-state index in [1.54, 1.807) is 31.2 Å². The van der Waals surface area contributed by atoms with Crippen LogP contribution in [-0.2, 0) is 4.74 Å². The minimum atomic E-state index is -0.687. The first-order valence-electron chi connectivity index (χ1n) is 8.08. The van der Waals surface area contributed by atoms with E-state index in [2.05, 4.69) is 4.98 Å². The summed E-state index contributed by atoms with van der Waals surface area (Å²) in [5.41, 5.74) is 0.646. The number of fused-ring (bicyclic) bond motifs is 1. The summed E-state index contributed by atoms with van der Waals surface area (Å²) in [5.74, 6) is 0.324. The topological polar surface area (TPSA) is 101 Å². The van der Waals surface area contributed by atoms with Crippen LogP contribution >= 0.6 is 11.6 Å². The van der Waals surface area contributed by atoms with Crippen molar-refractivity contribution in [3.63, 3.8) is 0 Å². The molecule has 1 aliphatic heterocycles. The zero-order valence-corrected chi connectivity index (χ0v) is 15.1. The second-order valence-corrected chi connectivity index (χ2v) is 5.87. The molecule has 0 unspecified atom stereocenters. The minimum absolute atomic E-state index is 0.00550. The van der Waals surface area contributed by atoms with Crippen molar-refractivity contribution in [2.45, 2.75) is 6.92 Å². The summed E-state index contributed by atoms with van der Waals surface area (Å²) < 4.78 is 15.9. The van der Waals surface area contributed by atoms with Gasteiger partial charge in [-0.3, -0.25) is 10.1 Å². The van der Waals surface area contributed by atoms with E-state index in [0.29, 0.717) is 35.3 Å². The van der Waals surface area contributed by atoms with Gasteiger partial charge in [-0.2, -0.15) is 0 Å². The maximum atomic E-state index is 12.1.